The van der Waals surface area contributed by atoms with Crippen LogP contribution in [0, 0.1) is 0 Å². The Morgan fingerprint density at radius 3 is 2.00 bits per heavy atom. The van der Waals surface area contributed by atoms with Crippen molar-refractivity contribution in [3.05, 3.63) is 59.2 Å². The van der Waals surface area contributed by atoms with Crippen LogP contribution in [0.15, 0.2) is 42.5 Å². The molecule has 0 saturated heterocycles. The van der Waals surface area contributed by atoms with Crippen molar-refractivity contribution in [2.75, 3.05) is 14.2 Å². The number of esters is 2. The molecule has 0 N–H and O–H groups in total. The molecule has 0 aliphatic rings. The van der Waals surface area contributed by atoms with Gasteiger partial charge in [0.2, 0.25) is 0 Å². The molecule has 0 aromatic heterocycles. The third-order valence-corrected chi connectivity index (χ3v) is 3.60. The van der Waals surface area contributed by atoms with Gasteiger partial charge in [-0.05, 0) is 41.8 Å². The second-order valence-electron chi connectivity index (χ2n) is 5.52. The van der Waals surface area contributed by atoms with Gasteiger partial charge in [-0.3, -0.25) is 0 Å². The summed E-state index contributed by atoms with van der Waals surface area (Å²) >= 11 is 0. The van der Waals surface area contributed by atoms with E-state index in [0.29, 0.717) is 17.0 Å². The van der Waals surface area contributed by atoms with Crippen molar-refractivity contribution in [2.24, 2.45) is 0 Å². The molecule has 0 heterocycles. The van der Waals surface area contributed by atoms with E-state index in [1.807, 2.05) is 12.1 Å². The normalized spacial score (nSPS) is 10.4. The summed E-state index contributed by atoms with van der Waals surface area (Å²) in [4.78, 5) is 23.8. The molecule has 0 bridgehead atoms. The first-order chi connectivity index (χ1) is 11.5. The van der Waals surface area contributed by atoms with E-state index >= 15 is 0 Å². The molecule has 2 rings (SSSR count). The summed E-state index contributed by atoms with van der Waals surface area (Å²) in [6, 6.07) is 11.7. The first-order valence-electron chi connectivity index (χ1n) is 7.54. The summed E-state index contributed by atoms with van der Waals surface area (Å²) in [5, 5.41) is 0. The molecule has 0 fully saturated rings. The van der Waals surface area contributed by atoms with Gasteiger partial charge in [-0.25, -0.2) is 9.59 Å². The van der Waals surface area contributed by atoms with Crippen molar-refractivity contribution in [2.45, 2.75) is 19.8 Å². The van der Waals surface area contributed by atoms with Gasteiger partial charge in [-0.15, -0.1) is 0 Å². The fourth-order valence-electron chi connectivity index (χ4n) is 2.16. The fraction of sp³-hybridized carbons (Fsp3) is 0.263. The van der Waals surface area contributed by atoms with Gasteiger partial charge < -0.3 is 14.2 Å². The molecule has 0 radical (unpaired) electrons. The van der Waals surface area contributed by atoms with Gasteiger partial charge >= 0.3 is 11.9 Å². The van der Waals surface area contributed by atoms with Crippen LogP contribution >= 0.6 is 0 Å². The second-order valence-corrected chi connectivity index (χ2v) is 5.52. The molecule has 2 aromatic rings. The lowest BCUT2D eigenvalue weighted by Gasteiger charge is -2.11. The van der Waals surface area contributed by atoms with Gasteiger partial charge in [0.1, 0.15) is 0 Å². The maximum Gasteiger partial charge on any atom is 0.343 e. The van der Waals surface area contributed by atoms with Crippen molar-refractivity contribution < 1.29 is 23.8 Å². The van der Waals surface area contributed by atoms with Crippen LogP contribution in [0.25, 0.3) is 0 Å². The smallest absolute Gasteiger partial charge is 0.343 e. The molecule has 5 nitrogen and oxygen atoms in total. The SMILES string of the molecule is COC(=O)c1ccc(OC(=O)c2ccc(C(C)C)cc2)c(OC)c1. The predicted molar refractivity (Wildman–Crippen MR) is 89.8 cm³/mol. The van der Waals surface area contributed by atoms with Crippen molar-refractivity contribution in [1.82, 2.24) is 0 Å². The standard InChI is InChI=1S/C19H20O5/c1-12(2)13-5-7-14(8-6-13)19(21)24-16-10-9-15(18(20)23-4)11-17(16)22-3/h5-12H,1-4H3. The molecule has 2 aromatic carbocycles. The monoisotopic (exact) mass is 328 g/mol. The van der Waals surface area contributed by atoms with Gasteiger partial charge in [0.15, 0.2) is 11.5 Å². The average Bonchev–Trinajstić information content (AvgIpc) is 2.61. The van der Waals surface area contributed by atoms with Crippen LogP contribution in [0.1, 0.15) is 46.0 Å². The minimum atomic E-state index is -0.491. The van der Waals surface area contributed by atoms with E-state index in [1.165, 1.54) is 32.4 Å². The number of hydrogen-bond acceptors (Lipinski definition) is 5. The van der Waals surface area contributed by atoms with E-state index in [4.69, 9.17) is 9.47 Å². The van der Waals surface area contributed by atoms with Gasteiger partial charge in [-0.1, -0.05) is 26.0 Å². The lowest BCUT2D eigenvalue weighted by Crippen LogP contribution is -2.10. The molecule has 0 atom stereocenters. The molecular weight excluding hydrogens is 308 g/mol. The Kier molecular flexibility index (Phi) is 5.58. The molecule has 0 unspecified atom stereocenters. The molecule has 0 saturated carbocycles. The van der Waals surface area contributed by atoms with Crippen LogP contribution in [0.5, 0.6) is 11.5 Å². The summed E-state index contributed by atoms with van der Waals surface area (Å²) in [7, 11) is 2.73. The number of hydrogen-bond donors (Lipinski definition) is 0. The number of carbonyl (C=O) groups excluding carboxylic acids is 2. The summed E-state index contributed by atoms with van der Waals surface area (Å²) < 4.78 is 15.2. The third-order valence-electron chi connectivity index (χ3n) is 3.60. The number of methoxy groups -OCH3 is 2. The molecule has 0 aliphatic heterocycles. The summed E-state index contributed by atoms with van der Waals surface area (Å²) in [5.74, 6) is -0.0703. The third kappa shape index (κ3) is 3.93. The molecule has 126 valence electrons. The number of carbonyl (C=O) groups is 2. The molecule has 24 heavy (non-hydrogen) atoms. The fourth-order valence-corrected chi connectivity index (χ4v) is 2.16. The Morgan fingerprint density at radius 2 is 1.46 bits per heavy atom. The van der Waals surface area contributed by atoms with Crippen molar-refractivity contribution in [3.8, 4) is 11.5 Å². The summed E-state index contributed by atoms with van der Waals surface area (Å²) in [5.41, 5.74) is 1.90. The van der Waals surface area contributed by atoms with E-state index in [0.717, 1.165) is 5.56 Å². The highest BCUT2D eigenvalue weighted by Crippen LogP contribution is 2.29. The minimum absolute atomic E-state index is 0.239. The Morgan fingerprint density at radius 1 is 0.833 bits per heavy atom. The maximum absolute atomic E-state index is 12.3. The molecule has 0 aliphatic carbocycles. The highest BCUT2D eigenvalue weighted by atomic mass is 16.6. The Hall–Kier alpha value is -2.82. The predicted octanol–water partition coefficient (Wildman–Crippen LogP) is 3.82. The van der Waals surface area contributed by atoms with Gasteiger partial charge in [0.25, 0.3) is 0 Å². The van der Waals surface area contributed by atoms with Crippen LogP contribution < -0.4 is 9.47 Å². The first kappa shape index (κ1) is 17.5. The highest BCUT2D eigenvalue weighted by Gasteiger charge is 2.15. The van der Waals surface area contributed by atoms with Gasteiger partial charge in [-0.2, -0.15) is 0 Å². The summed E-state index contributed by atoms with van der Waals surface area (Å²) in [6.07, 6.45) is 0. The largest absolute Gasteiger partial charge is 0.493 e. The number of rotatable bonds is 5. The lowest BCUT2D eigenvalue weighted by atomic mass is 10.0. The second kappa shape index (κ2) is 7.64. The first-order valence-corrected chi connectivity index (χ1v) is 7.54. The Balaban J connectivity index is 2.20. The molecule has 0 spiro atoms. The zero-order valence-electron chi connectivity index (χ0n) is 14.2. The number of benzene rings is 2. The van der Waals surface area contributed by atoms with E-state index in [2.05, 4.69) is 18.6 Å². The van der Waals surface area contributed by atoms with E-state index < -0.39 is 11.9 Å². The zero-order valence-corrected chi connectivity index (χ0v) is 14.2. The Bertz CT molecular complexity index is 732. The van der Waals surface area contributed by atoms with Gasteiger partial charge in [0, 0.05) is 0 Å². The van der Waals surface area contributed by atoms with Crippen molar-refractivity contribution in [1.29, 1.82) is 0 Å². The molecular formula is C19H20O5. The minimum Gasteiger partial charge on any atom is -0.493 e. The quantitative estimate of drug-likeness (QED) is 0.617. The van der Waals surface area contributed by atoms with Crippen LogP contribution in [0.3, 0.4) is 0 Å². The summed E-state index contributed by atoms with van der Waals surface area (Å²) in [6.45, 7) is 4.17. The van der Waals surface area contributed by atoms with E-state index in [1.54, 1.807) is 12.1 Å². The Labute approximate surface area is 141 Å². The topological polar surface area (TPSA) is 61.8 Å². The lowest BCUT2D eigenvalue weighted by molar-refractivity contribution is 0.0600. The highest BCUT2D eigenvalue weighted by molar-refractivity contribution is 5.92. The van der Waals surface area contributed by atoms with Crippen LogP contribution in [-0.2, 0) is 4.74 Å². The average molecular weight is 328 g/mol. The maximum atomic E-state index is 12.3. The van der Waals surface area contributed by atoms with E-state index in [9.17, 15) is 9.59 Å². The van der Waals surface area contributed by atoms with Crippen molar-refractivity contribution in [3.63, 3.8) is 0 Å². The van der Waals surface area contributed by atoms with Crippen molar-refractivity contribution >= 4 is 11.9 Å². The zero-order chi connectivity index (χ0) is 17.7. The molecule has 5 heteroatoms. The van der Waals surface area contributed by atoms with Crippen LogP contribution in [-0.4, -0.2) is 26.2 Å². The van der Waals surface area contributed by atoms with Gasteiger partial charge in [0.05, 0.1) is 25.3 Å². The van der Waals surface area contributed by atoms with Crippen LogP contribution in [0.4, 0.5) is 0 Å². The van der Waals surface area contributed by atoms with E-state index in [-0.39, 0.29) is 11.5 Å². The molecule has 0 amide bonds. The van der Waals surface area contributed by atoms with Crippen LogP contribution in [0.2, 0.25) is 0 Å². The number of ether oxygens (including phenoxy) is 3.